The summed E-state index contributed by atoms with van der Waals surface area (Å²) in [6.07, 6.45) is 4.42. The average Bonchev–Trinajstić information content (AvgIpc) is 3.08. The fraction of sp³-hybridized carbons (Fsp3) is 0.417. The predicted octanol–water partition coefficient (Wildman–Crippen LogP) is 3.02. The van der Waals surface area contributed by atoms with Gasteiger partial charge in [0.2, 0.25) is 5.91 Å². The number of amides is 2. The quantitative estimate of drug-likeness (QED) is 0.775. The Labute approximate surface area is 183 Å². The van der Waals surface area contributed by atoms with E-state index in [1.54, 1.807) is 7.05 Å². The largest absolute Gasteiger partial charge is 0.477 e. The molecule has 2 aliphatic rings. The third-order valence-corrected chi connectivity index (χ3v) is 5.86. The summed E-state index contributed by atoms with van der Waals surface area (Å²) in [7, 11) is 1.58. The number of rotatable bonds is 5. The molecule has 7 nitrogen and oxygen atoms in total. The van der Waals surface area contributed by atoms with Gasteiger partial charge in [-0.3, -0.25) is 9.59 Å². The van der Waals surface area contributed by atoms with Gasteiger partial charge in [-0.2, -0.15) is 0 Å². The van der Waals surface area contributed by atoms with Gasteiger partial charge in [-0.15, -0.1) is 0 Å². The molecular weight excluding hydrogens is 392 g/mol. The van der Waals surface area contributed by atoms with E-state index in [0.717, 1.165) is 24.5 Å². The number of anilines is 3. The fourth-order valence-corrected chi connectivity index (χ4v) is 4.21. The molecule has 2 N–H and O–H groups in total. The number of hydrogen-bond donors (Lipinski definition) is 2. The molecule has 2 aromatic carbocycles. The molecule has 4 rings (SSSR count). The van der Waals surface area contributed by atoms with Gasteiger partial charge in [0.25, 0.3) is 5.91 Å². The second kappa shape index (κ2) is 9.73. The molecule has 31 heavy (non-hydrogen) atoms. The van der Waals surface area contributed by atoms with Crippen molar-refractivity contribution in [3.05, 3.63) is 48.5 Å². The number of fused-ring (bicyclic) bond motifs is 1. The Bertz CT molecular complexity index is 907. The fourth-order valence-electron chi connectivity index (χ4n) is 4.21. The van der Waals surface area contributed by atoms with Gasteiger partial charge in [-0.25, -0.2) is 0 Å². The van der Waals surface area contributed by atoms with E-state index in [4.69, 9.17) is 4.74 Å². The minimum Gasteiger partial charge on any atom is -0.477 e. The van der Waals surface area contributed by atoms with E-state index in [-0.39, 0.29) is 18.4 Å². The zero-order chi connectivity index (χ0) is 21.6. The molecule has 0 unspecified atom stereocenters. The van der Waals surface area contributed by atoms with Gasteiger partial charge in [-0.1, -0.05) is 25.0 Å². The molecule has 7 heteroatoms. The second-order valence-corrected chi connectivity index (χ2v) is 8.07. The van der Waals surface area contributed by atoms with Gasteiger partial charge in [-0.05, 0) is 49.2 Å². The Balaban J connectivity index is 1.40. The second-order valence-electron chi connectivity index (χ2n) is 8.07. The summed E-state index contributed by atoms with van der Waals surface area (Å²) in [4.78, 5) is 29.2. The standard InChI is InChI=1S/C24H30N4O3/c1-25-24(30)22-16-28(20-8-4-5-9-21(20)31-22)17-23(29)26-18-10-12-19(13-11-18)27-14-6-2-3-7-15-27/h4-5,8-13,22H,2-3,6-7,14-17H2,1H3,(H,25,30)(H,26,29)/t22-/m0/s1. The molecule has 0 spiro atoms. The maximum absolute atomic E-state index is 12.8. The normalized spacial score (nSPS) is 18.4. The highest BCUT2D eigenvalue weighted by Gasteiger charge is 2.31. The first kappa shape index (κ1) is 21.0. The minimum absolute atomic E-state index is 0.130. The third-order valence-electron chi connectivity index (χ3n) is 5.86. The van der Waals surface area contributed by atoms with E-state index in [9.17, 15) is 9.59 Å². The van der Waals surface area contributed by atoms with E-state index < -0.39 is 6.10 Å². The summed E-state index contributed by atoms with van der Waals surface area (Å²) in [6, 6.07) is 15.5. The maximum Gasteiger partial charge on any atom is 0.262 e. The van der Waals surface area contributed by atoms with Crippen molar-refractivity contribution < 1.29 is 14.3 Å². The topological polar surface area (TPSA) is 73.9 Å². The molecule has 1 saturated heterocycles. The van der Waals surface area contributed by atoms with Crippen LogP contribution in [-0.4, -0.2) is 51.1 Å². The molecule has 1 atom stereocenters. The van der Waals surface area contributed by atoms with Crippen molar-refractivity contribution in [2.24, 2.45) is 0 Å². The molecule has 0 aromatic heterocycles. The monoisotopic (exact) mass is 422 g/mol. The van der Waals surface area contributed by atoms with Gasteiger partial charge in [0, 0.05) is 31.5 Å². The molecule has 0 bridgehead atoms. The van der Waals surface area contributed by atoms with Crippen molar-refractivity contribution in [2.75, 3.05) is 48.3 Å². The van der Waals surface area contributed by atoms with Crippen LogP contribution in [0.4, 0.5) is 17.1 Å². The first-order chi connectivity index (χ1) is 15.1. The number of ether oxygens (including phenoxy) is 1. The van der Waals surface area contributed by atoms with E-state index >= 15 is 0 Å². The van der Waals surface area contributed by atoms with E-state index in [2.05, 4.69) is 27.7 Å². The van der Waals surface area contributed by atoms with Gasteiger partial charge < -0.3 is 25.2 Å². The molecule has 1 fully saturated rings. The highest BCUT2D eigenvalue weighted by Crippen LogP contribution is 2.33. The summed E-state index contributed by atoms with van der Waals surface area (Å²) < 4.78 is 5.80. The molecule has 2 aromatic rings. The van der Waals surface area contributed by atoms with E-state index in [1.165, 1.54) is 31.4 Å². The summed E-state index contributed by atoms with van der Waals surface area (Å²) in [6.45, 7) is 2.64. The molecule has 2 heterocycles. The summed E-state index contributed by atoms with van der Waals surface area (Å²) in [5.74, 6) is 0.274. The zero-order valence-electron chi connectivity index (χ0n) is 18.0. The number of carbonyl (C=O) groups is 2. The minimum atomic E-state index is -0.652. The Morgan fingerprint density at radius 3 is 2.42 bits per heavy atom. The van der Waals surface area contributed by atoms with Crippen LogP contribution in [0.1, 0.15) is 25.7 Å². The molecule has 0 saturated carbocycles. The lowest BCUT2D eigenvalue weighted by Gasteiger charge is -2.35. The van der Waals surface area contributed by atoms with Crippen LogP contribution in [0.5, 0.6) is 5.75 Å². The molecule has 0 aliphatic carbocycles. The lowest BCUT2D eigenvalue weighted by molar-refractivity contribution is -0.127. The Morgan fingerprint density at radius 2 is 1.71 bits per heavy atom. The molecule has 164 valence electrons. The van der Waals surface area contributed by atoms with Gasteiger partial charge in [0.05, 0.1) is 18.8 Å². The lowest BCUT2D eigenvalue weighted by atomic mass is 10.1. The Kier molecular flexibility index (Phi) is 6.60. The van der Waals surface area contributed by atoms with Crippen molar-refractivity contribution in [1.29, 1.82) is 0 Å². The average molecular weight is 423 g/mol. The van der Waals surface area contributed by atoms with Crippen LogP contribution in [-0.2, 0) is 9.59 Å². The van der Waals surface area contributed by atoms with Crippen LogP contribution >= 0.6 is 0 Å². The summed E-state index contributed by atoms with van der Waals surface area (Å²) >= 11 is 0. The SMILES string of the molecule is CNC(=O)[C@@H]1CN(CC(=O)Nc2ccc(N3CCCCCC3)cc2)c2ccccc2O1. The number of carbonyl (C=O) groups excluding carboxylic acids is 2. The van der Waals surface area contributed by atoms with Crippen LogP contribution in [0.3, 0.4) is 0 Å². The summed E-state index contributed by atoms with van der Waals surface area (Å²) in [5, 5.41) is 5.60. The van der Waals surface area contributed by atoms with Crippen molar-refractivity contribution in [1.82, 2.24) is 5.32 Å². The summed E-state index contributed by atoms with van der Waals surface area (Å²) in [5.41, 5.74) is 2.79. The lowest BCUT2D eigenvalue weighted by Crippen LogP contribution is -2.50. The predicted molar refractivity (Wildman–Crippen MR) is 123 cm³/mol. The first-order valence-corrected chi connectivity index (χ1v) is 11.0. The number of nitrogens with zero attached hydrogens (tertiary/aromatic N) is 2. The van der Waals surface area contributed by atoms with Crippen LogP contribution in [0, 0.1) is 0 Å². The van der Waals surface area contributed by atoms with Crippen LogP contribution in [0.25, 0.3) is 0 Å². The number of benzene rings is 2. The van der Waals surface area contributed by atoms with Crippen molar-refractivity contribution >= 4 is 28.9 Å². The maximum atomic E-state index is 12.8. The molecule has 2 amide bonds. The molecular formula is C24H30N4O3. The Hall–Kier alpha value is -3.22. The van der Waals surface area contributed by atoms with Crippen molar-refractivity contribution in [3.63, 3.8) is 0 Å². The van der Waals surface area contributed by atoms with E-state index in [1.807, 2.05) is 41.3 Å². The van der Waals surface area contributed by atoms with Gasteiger partial charge in [0.15, 0.2) is 6.10 Å². The number of likely N-dealkylation sites (N-methyl/N-ethyl adjacent to an activating group) is 1. The molecule has 0 radical (unpaired) electrons. The van der Waals surface area contributed by atoms with E-state index in [0.29, 0.717) is 12.3 Å². The highest BCUT2D eigenvalue weighted by molar-refractivity contribution is 5.95. The zero-order valence-corrected chi connectivity index (χ0v) is 18.0. The smallest absolute Gasteiger partial charge is 0.262 e. The Morgan fingerprint density at radius 1 is 1.00 bits per heavy atom. The number of hydrogen-bond acceptors (Lipinski definition) is 5. The third kappa shape index (κ3) is 5.10. The van der Waals surface area contributed by atoms with Crippen LogP contribution in [0.15, 0.2) is 48.5 Å². The van der Waals surface area contributed by atoms with Gasteiger partial charge in [0.1, 0.15) is 5.75 Å². The molecule has 2 aliphatic heterocycles. The van der Waals surface area contributed by atoms with Crippen molar-refractivity contribution in [3.8, 4) is 5.75 Å². The van der Waals surface area contributed by atoms with Crippen LogP contribution in [0.2, 0.25) is 0 Å². The van der Waals surface area contributed by atoms with Crippen LogP contribution < -0.4 is 25.2 Å². The number of nitrogens with one attached hydrogen (secondary N) is 2. The first-order valence-electron chi connectivity index (χ1n) is 11.0. The highest BCUT2D eigenvalue weighted by atomic mass is 16.5. The van der Waals surface area contributed by atoms with Gasteiger partial charge >= 0.3 is 0 Å². The van der Waals surface area contributed by atoms with Crippen molar-refractivity contribution in [2.45, 2.75) is 31.8 Å². The number of para-hydroxylation sites is 2.